The molecule has 1 amide bonds. The number of carbonyl (C=O) groups excluding carboxylic acids is 1. The first-order chi connectivity index (χ1) is 12.6. The minimum Gasteiger partial charge on any atom is -0.326 e. The van der Waals surface area contributed by atoms with Gasteiger partial charge in [0.2, 0.25) is 5.91 Å². The standard InChI is InChI=1S/C19H14BrN3OS2/c20-15-6-4-13(5-7-15)11-25-19-23-17(12-26-19)9-18(24)22-16-3-1-2-14(8-16)10-21/h1-8,12H,9,11H2,(H,22,24). The highest BCUT2D eigenvalue weighted by Crippen LogP contribution is 2.27. The molecule has 0 radical (unpaired) electrons. The third-order valence-corrected chi connectivity index (χ3v) is 6.09. The third-order valence-electron chi connectivity index (χ3n) is 3.42. The summed E-state index contributed by atoms with van der Waals surface area (Å²) in [6.07, 6.45) is 0.214. The largest absolute Gasteiger partial charge is 0.326 e. The molecule has 1 N–H and O–H groups in total. The fourth-order valence-corrected chi connectivity index (χ4v) is 4.26. The molecule has 0 aliphatic heterocycles. The summed E-state index contributed by atoms with van der Waals surface area (Å²) >= 11 is 6.63. The van der Waals surface area contributed by atoms with Crippen molar-refractivity contribution in [2.45, 2.75) is 16.5 Å². The smallest absolute Gasteiger partial charge is 0.230 e. The molecule has 3 aromatic rings. The highest BCUT2D eigenvalue weighted by Gasteiger charge is 2.09. The first kappa shape index (κ1) is 18.6. The summed E-state index contributed by atoms with van der Waals surface area (Å²) < 4.78 is 2.01. The van der Waals surface area contributed by atoms with E-state index in [0.717, 1.165) is 20.3 Å². The molecule has 0 spiro atoms. The van der Waals surface area contributed by atoms with Crippen molar-refractivity contribution in [3.05, 3.63) is 75.2 Å². The molecule has 0 unspecified atom stereocenters. The van der Waals surface area contributed by atoms with E-state index in [0.29, 0.717) is 11.3 Å². The van der Waals surface area contributed by atoms with Gasteiger partial charge in [-0.1, -0.05) is 45.9 Å². The van der Waals surface area contributed by atoms with Crippen LogP contribution in [-0.2, 0) is 17.0 Å². The van der Waals surface area contributed by atoms with E-state index in [9.17, 15) is 4.79 Å². The van der Waals surface area contributed by atoms with Crippen LogP contribution in [0.4, 0.5) is 5.69 Å². The molecule has 1 heterocycles. The van der Waals surface area contributed by atoms with Crippen molar-refractivity contribution in [2.75, 3.05) is 5.32 Å². The Morgan fingerprint density at radius 3 is 2.85 bits per heavy atom. The lowest BCUT2D eigenvalue weighted by Gasteiger charge is -2.04. The van der Waals surface area contributed by atoms with Gasteiger partial charge in [-0.25, -0.2) is 4.98 Å². The number of amides is 1. The Hall–Kier alpha value is -2.14. The maximum atomic E-state index is 12.2. The van der Waals surface area contributed by atoms with E-state index < -0.39 is 0 Å². The molecule has 4 nitrogen and oxygen atoms in total. The van der Waals surface area contributed by atoms with Gasteiger partial charge in [0.1, 0.15) is 4.34 Å². The predicted octanol–water partition coefficient (Wildman–Crippen LogP) is 5.25. The normalized spacial score (nSPS) is 10.3. The van der Waals surface area contributed by atoms with E-state index in [4.69, 9.17) is 5.26 Å². The summed E-state index contributed by atoms with van der Waals surface area (Å²) in [6, 6.07) is 17.1. The number of benzene rings is 2. The molecule has 26 heavy (non-hydrogen) atoms. The molecule has 0 fully saturated rings. The van der Waals surface area contributed by atoms with Crippen LogP contribution >= 0.6 is 39.0 Å². The molecule has 2 aromatic carbocycles. The Balaban J connectivity index is 1.53. The SMILES string of the molecule is N#Cc1cccc(NC(=O)Cc2csc(SCc3ccc(Br)cc3)n2)c1. The van der Waals surface area contributed by atoms with Crippen molar-refractivity contribution in [1.29, 1.82) is 5.26 Å². The number of thioether (sulfide) groups is 1. The van der Waals surface area contributed by atoms with Crippen LogP contribution in [-0.4, -0.2) is 10.9 Å². The number of rotatable bonds is 6. The van der Waals surface area contributed by atoms with Gasteiger partial charge < -0.3 is 5.32 Å². The second-order valence-corrected chi connectivity index (χ2v) is 8.43. The van der Waals surface area contributed by atoms with Crippen molar-refractivity contribution < 1.29 is 4.79 Å². The Kier molecular flexibility index (Phi) is 6.45. The van der Waals surface area contributed by atoms with E-state index in [1.807, 2.05) is 17.5 Å². The highest BCUT2D eigenvalue weighted by molar-refractivity contribution is 9.10. The topological polar surface area (TPSA) is 65.8 Å². The van der Waals surface area contributed by atoms with E-state index in [-0.39, 0.29) is 12.3 Å². The zero-order chi connectivity index (χ0) is 18.4. The van der Waals surface area contributed by atoms with Gasteiger partial charge in [0, 0.05) is 21.3 Å². The first-order valence-electron chi connectivity index (χ1n) is 7.74. The molecule has 130 valence electrons. The lowest BCUT2D eigenvalue weighted by molar-refractivity contribution is -0.115. The summed E-state index contributed by atoms with van der Waals surface area (Å²) in [5.74, 6) is 0.697. The zero-order valence-electron chi connectivity index (χ0n) is 13.6. The van der Waals surface area contributed by atoms with Crippen molar-refractivity contribution in [3.8, 4) is 6.07 Å². The number of carbonyl (C=O) groups is 1. The van der Waals surface area contributed by atoms with Gasteiger partial charge >= 0.3 is 0 Å². The van der Waals surface area contributed by atoms with Crippen LogP contribution in [0.25, 0.3) is 0 Å². The van der Waals surface area contributed by atoms with Crippen LogP contribution in [0.3, 0.4) is 0 Å². The van der Waals surface area contributed by atoms with Crippen molar-refractivity contribution in [2.24, 2.45) is 0 Å². The number of halogens is 1. The average molecular weight is 444 g/mol. The average Bonchev–Trinajstić information content (AvgIpc) is 3.08. The molecule has 0 aliphatic carbocycles. The Morgan fingerprint density at radius 2 is 2.08 bits per heavy atom. The van der Waals surface area contributed by atoms with Crippen LogP contribution in [0.1, 0.15) is 16.8 Å². The summed E-state index contributed by atoms with van der Waals surface area (Å²) in [6.45, 7) is 0. The highest BCUT2D eigenvalue weighted by atomic mass is 79.9. The van der Waals surface area contributed by atoms with E-state index >= 15 is 0 Å². The minimum atomic E-state index is -0.144. The van der Waals surface area contributed by atoms with Gasteiger partial charge in [0.05, 0.1) is 23.7 Å². The molecule has 0 aliphatic rings. The molecule has 0 atom stereocenters. The van der Waals surface area contributed by atoms with Gasteiger partial charge in [-0.15, -0.1) is 11.3 Å². The summed E-state index contributed by atoms with van der Waals surface area (Å²) in [7, 11) is 0. The number of nitrogens with zero attached hydrogens (tertiary/aromatic N) is 2. The second kappa shape index (κ2) is 8.99. The van der Waals surface area contributed by atoms with Gasteiger partial charge in [-0.05, 0) is 35.9 Å². The fraction of sp³-hybridized carbons (Fsp3) is 0.105. The predicted molar refractivity (Wildman–Crippen MR) is 109 cm³/mol. The van der Waals surface area contributed by atoms with E-state index in [1.165, 1.54) is 5.56 Å². The number of nitriles is 1. The Labute approximate surface area is 168 Å². The number of nitrogens with one attached hydrogen (secondary N) is 1. The molecule has 0 saturated heterocycles. The maximum absolute atomic E-state index is 12.2. The second-order valence-electron chi connectivity index (χ2n) is 5.44. The molecule has 3 rings (SSSR count). The summed E-state index contributed by atoms with van der Waals surface area (Å²) in [5.41, 5.74) is 3.12. The number of aromatic nitrogens is 1. The Morgan fingerprint density at radius 1 is 1.27 bits per heavy atom. The number of hydrogen-bond acceptors (Lipinski definition) is 5. The summed E-state index contributed by atoms with van der Waals surface area (Å²) in [4.78, 5) is 16.7. The lowest BCUT2D eigenvalue weighted by Crippen LogP contribution is -2.14. The summed E-state index contributed by atoms with van der Waals surface area (Å²) in [5, 5.41) is 13.6. The number of anilines is 1. The first-order valence-corrected chi connectivity index (χ1v) is 10.4. The number of hydrogen-bond donors (Lipinski definition) is 1. The van der Waals surface area contributed by atoms with Crippen LogP contribution < -0.4 is 5.32 Å². The quantitative estimate of drug-likeness (QED) is 0.528. The lowest BCUT2D eigenvalue weighted by atomic mass is 10.2. The minimum absolute atomic E-state index is 0.144. The van der Waals surface area contributed by atoms with Crippen molar-refractivity contribution in [3.63, 3.8) is 0 Å². The molecule has 7 heteroatoms. The fourth-order valence-electron chi connectivity index (χ4n) is 2.20. The monoisotopic (exact) mass is 443 g/mol. The molecular formula is C19H14BrN3OS2. The van der Waals surface area contributed by atoms with Crippen molar-refractivity contribution in [1.82, 2.24) is 4.98 Å². The molecule has 1 aromatic heterocycles. The van der Waals surface area contributed by atoms with Crippen LogP contribution in [0.5, 0.6) is 0 Å². The maximum Gasteiger partial charge on any atom is 0.230 e. The van der Waals surface area contributed by atoms with Gasteiger partial charge in [-0.2, -0.15) is 5.26 Å². The van der Waals surface area contributed by atoms with Crippen molar-refractivity contribution >= 4 is 50.6 Å². The third kappa shape index (κ3) is 5.43. The van der Waals surface area contributed by atoms with Crippen LogP contribution in [0, 0.1) is 11.3 Å². The zero-order valence-corrected chi connectivity index (χ0v) is 16.8. The van der Waals surface area contributed by atoms with Gasteiger partial charge in [0.25, 0.3) is 0 Å². The molecular weight excluding hydrogens is 430 g/mol. The van der Waals surface area contributed by atoms with Crippen LogP contribution in [0.15, 0.2) is 62.7 Å². The van der Waals surface area contributed by atoms with Crippen LogP contribution in [0.2, 0.25) is 0 Å². The van der Waals surface area contributed by atoms with E-state index in [1.54, 1.807) is 47.4 Å². The van der Waals surface area contributed by atoms with Gasteiger partial charge in [0.15, 0.2) is 0 Å². The van der Waals surface area contributed by atoms with E-state index in [2.05, 4.69) is 44.4 Å². The Bertz CT molecular complexity index is 948. The molecule has 0 saturated carbocycles. The number of thiazole rings is 1. The molecule has 0 bridgehead atoms. The van der Waals surface area contributed by atoms with Gasteiger partial charge in [-0.3, -0.25) is 4.79 Å².